The second kappa shape index (κ2) is 8.52. The number of carbonyl (C=O) groups is 1. The van der Waals surface area contributed by atoms with Crippen molar-refractivity contribution in [3.8, 4) is 0 Å². The van der Waals surface area contributed by atoms with Crippen molar-refractivity contribution < 1.29 is 9.21 Å². The molecule has 1 atom stereocenters. The SMILES string of the molecule is CCN(CC)CC1(NC(=O)CC2CCCN(c3nc4ccc(Cl)cc4o3)C2)CC1. The van der Waals surface area contributed by atoms with Crippen molar-refractivity contribution in [3.63, 3.8) is 0 Å². The molecule has 158 valence electrons. The second-order valence-electron chi connectivity index (χ2n) is 8.56. The lowest BCUT2D eigenvalue weighted by molar-refractivity contribution is -0.123. The quantitative estimate of drug-likeness (QED) is 0.699. The van der Waals surface area contributed by atoms with E-state index in [1.165, 1.54) is 0 Å². The monoisotopic (exact) mass is 418 g/mol. The van der Waals surface area contributed by atoms with E-state index in [0.717, 1.165) is 63.9 Å². The van der Waals surface area contributed by atoms with Crippen LogP contribution in [0.5, 0.6) is 0 Å². The third-order valence-electron chi connectivity index (χ3n) is 6.28. The topological polar surface area (TPSA) is 61.6 Å². The van der Waals surface area contributed by atoms with Crippen LogP contribution in [0, 0.1) is 5.92 Å². The van der Waals surface area contributed by atoms with Crippen molar-refractivity contribution in [1.29, 1.82) is 0 Å². The number of oxazole rings is 1. The maximum atomic E-state index is 12.7. The van der Waals surface area contributed by atoms with E-state index in [1.807, 2.05) is 12.1 Å². The molecule has 1 unspecified atom stereocenters. The Morgan fingerprint density at radius 3 is 2.90 bits per heavy atom. The Balaban J connectivity index is 1.34. The number of nitrogens with zero attached hydrogens (tertiary/aromatic N) is 3. The summed E-state index contributed by atoms with van der Waals surface area (Å²) in [6, 6.07) is 6.14. The first-order valence-corrected chi connectivity index (χ1v) is 11.2. The number of fused-ring (bicyclic) bond motifs is 1. The Morgan fingerprint density at radius 1 is 1.38 bits per heavy atom. The molecule has 1 amide bonds. The number of halogens is 1. The summed E-state index contributed by atoms with van der Waals surface area (Å²) in [5.74, 6) is 0.512. The van der Waals surface area contributed by atoms with Crippen LogP contribution in [-0.4, -0.2) is 54.1 Å². The van der Waals surface area contributed by atoms with Gasteiger partial charge in [0.15, 0.2) is 5.58 Å². The van der Waals surface area contributed by atoms with Gasteiger partial charge in [0.25, 0.3) is 6.01 Å². The third-order valence-corrected chi connectivity index (χ3v) is 6.52. The third kappa shape index (κ3) is 4.86. The highest BCUT2D eigenvalue weighted by Crippen LogP contribution is 2.37. The maximum Gasteiger partial charge on any atom is 0.298 e. The van der Waals surface area contributed by atoms with E-state index in [9.17, 15) is 4.79 Å². The largest absolute Gasteiger partial charge is 0.423 e. The van der Waals surface area contributed by atoms with Crippen LogP contribution in [-0.2, 0) is 4.79 Å². The molecule has 0 bridgehead atoms. The highest BCUT2D eigenvalue weighted by molar-refractivity contribution is 6.31. The Hall–Kier alpha value is -1.79. The Kier molecular flexibility index (Phi) is 6.02. The van der Waals surface area contributed by atoms with Crippen LogP contribution in [0.2, 0.25) is 5.02 Å². The van der Waals surface area contributed by atoms with Gasteiger partial charge in [0, 0.05) is 37.1 Å². The molecule has 1 aliphatic heterocycles. The molecule has 0 radical (unpaired) electrons. The zero-order chi connectivity index (χ0) is 20.4. The van der Waals surface area contributed by atoms with E-state index >= 15 is 0 Å². The highest BCUT2D eigenvalue weighted by atomic mass is 35.5. The van der Waals surface area contributed by atoms with Crippen molar-refractivity contribution in [1.82, 2.24) is 15.2 Å². The van der Waals surface area contributed by atoms with E-state index in [4.69, 9.17) is 16.0 Å². The number of aromatic nitrogens is 1. The lowest BCUT2D eigenvalue weighted by Crippen LogP contribution is -2.47. The molecular weight excluding hydrogens is 388 g/mol. The molecule has 4 rings (SSSR count). The summed E-state index contributed by atoms with van der Waals surface area (Å²) < 4.78 is 5.92. The first-order chi connectivity index (χ1) is 14.0. The standard InChI is InChI=1S/C22H31ClN4O2/c1-3-26(4-2)15-22(9-10-22)25-20(28)12-16-6-5-11-27(14-16)21-24-18-8-7-17(23)13-19(18)29-21/h7-8,13,16H,3-6,9-12,14-15H2,1-2H3,(H,25,28). The number of anilines is 1. The molecule has 1 aromatic carbocycles. The van der Waals surface area contributed by atoms with Crippen LogP contribution in [0.15, 0.2) is 22.6 Å². The van der Waals surface area contributed by atoms with Crippen molar-refractivity contribution in [2.45, 2.75) is 51.5 Å². The second-order valence-corrected chi connectivity index (χ2v) is 8.99. The maximum absolute atomic E-state index is 12.7. The fourth-order valence-corrected chi connectivity index (χ4v) is 4.55. The smallest absolute Gasteiger partial charge is 0.298 e. The van der Waals surface area contributed by atoms with Gasteiger partial charge < -0.3 is 19.5 Å². The van der Waals surface area contributed by atoms with Gasteiger partial charge in [-0.2, -0.15) is 4.98 Å². The van der Waals surface area contributed by atoms with E-state index in [-0.39, 0.29) is 11.4 Å². The number of benzene rings is 1. The van der Waals surface area contributed by atoms with Gasteiger partial charge >= 0.3 is 0 Å². The number of piperidine rings is 1. The van der Waals surface area contributed by atoms with Crippen LogP contribution >= 0.6 is 11.6 Å². The molecule has 1 saturated carbocycles. The number of hydrogen-bond acceptors (Lipinski definition) is 5. The average Bonchev–Trinajstić information content (AvgIpc) is 3.32. The normalized spacial score (nSPS) is 21.0. The number of rotatable bonds is 8. The van der Waals surface area contributed by atoms with Gasteiger partial charge in [-0.25, -0.2) is 0 Å². The Bertz CT molecular complexity index is 860. The molecule has 7 heteroatoms. The molecule has 6 nitrogen and oxygen atoms in total. The predicted molar refractivity (Wildman–Crippen MR) is 116 cm³/mol. The molecule has 1 saturated heterocycles. The Labute approximate surface area is 177 Å². The average molecular weight is 419 g/mol. The molecule has 1 N–H and O–H groups in total. The molecular formula is C22H31ClN4O2. The van der Waals surface area contributed by atoms with Gasteiger partial charge in [0.2, 0.25) is 5.91 Å². The zero-order valence-electron chi connectivity index (χ0n) is 17.4. The predicted octanol–water partition coefficient (Wildman–Crippen LogP) is 4.08. The summed E-state index contributed by atoms with van der Waals surface area (Å²) in [4.78, 5) is 21.9. The summed E-state index contributed by atoms with van der Waals surface area (Å²) in [5.41, 5.74) is 1.53. The molecule has 1 aliphatic carbocycles. The minimum atomic E-state index is 0.0109. The Morgan fingerprint density at radius 2 is 2.17 bits per heavy atom. The van der Waals surface area contributed by atoms with Crippen molar-refractivity contribution in [3.05, 3.63) is 23.2 Å². The summed E-state index contributed by atoms with van der Waals surface area (Å²) in [6.45, 7) is 9.09. The molecule has 2 heterocycles. The number of hydrogen-bond donors (Lipinski definition) is 1. The molecule has 0 spiro atoms. The number of likely N-dealkylation sites (N-methyl/N-ethyl adjacent to an activating group) is 1. The van der Waals surface area contributed by atoms with Crippen LogP contribution in [0.1, 0.15) is 46.0 Å². The minimum Gasteiger partial charge on any atom is -0.423 e. The van der Waals surface area contributed by atoms with E-state index in [0.29, 0.717) is 29.0 Å². The lowest BCUT2D eigenvalue weighted by atomic mass is 9.94. The van der Waals surface area contributed by atoms with Crippen molar-refractivity contribution in [2.24, 2.45) is 5.92 Å². The number of nitrogens with one attached hydrogen (secondary N) is 1. The fourth-order valence-electron chi connectivity index (χ4n) is 4.38. The molecule has 2 fully saturated rings. The van der Waals surface area contributed by atoms with Crippen molar-refractivity contribution >= 4 is 34.6 Å². The van der Waals surface area contributed by atoms with Gasteiger partial charge in [0.05, 0.1) is 5.54 Å². The molecule has 1 aromatic heterocycles. The van der Waals surface area contributed by atoms with Gasteiger partial charge in [-0.15, -0.1) is 0 Å². The zero-order valence-corrected chi connectivity index (χ0v) is 18.2. The van der Waals surface area contributed by atoms with Gasteiger partial charge in [-0.05, 0) is 56.8 Å². The number of amides is 1. The molecule has 29 heavy (non-hydrogen) atoms. The first-order valence-electron chi connectivity index (χ1n) is 10.8. The minimum absolute atomic E-state index is 0.0109. The van der Waals surface area contributed by atoms with Crippen molar-refractivity contribution in [2.75, 3.05) is 37.6 Å². The molecule has 2 aliphatic rings. The fraction of sp³-hybridized carbons (Fsp3) is 0.636. The van der Waals surface area contributed by atoms with Gasteiger partial charge in [-0.1, -0.05) is 25.4 Å². The summed E-state index contributed by atoms with van der Waals surface area (Å²) in [5, 5.41) is 3.99. The highest BCUT2D eigenvalue weighted by Gasteiger charge is 2.45. The number of carbonyl (C=O) groups excluding carboxylic acids is 1. The van der Waals surface area contributed by atoms with Gasteiger partial charge in [0.1, 0.15) is 5.52 Å². The lowest BCUT2D eigenvalue weighted by Gasteiger charge is -2.32. The summed E-state index contributed by atoms with van der Waals surface area (Å²) >= 11 is 6.05. The first kappa shape index (κ1) is 20.5. The van der Waals surface area contributed by atoms with Crippen LogP contribution in [0.4, 0.5) is 6.01 Å². The summed E-state index contributed by atoms with van der Waals surface area (Å²) in [6.07, 6.45) is 4.87. The van der Waals surface area contributed by atoms with Crippen LogP contribution in [0.25, 0.3) is 11.1 Å². The van der Waals surface area contributed by atoms with Crippen LogP contribution < -0.4 is 10.2 Å². The van der Waals surface area contributed by atoms with E-state index in [1.54, 1.807) is 6.07 Å². The van der Waals surface area contributed by atoms with Crippen LogP contribution in [0.3, 0.4) is 0 Å². The van der Waals surface area contributed by atoms with E-state index < -0.39 is 0 Å². The summed E-state index contributed by atoms with van der Waals surface area (Å²) in [7, 11) is 0. The van der Waals surface area contributed by atoms with E-state index in [2.05, 4.69) is 33.9 Å². The molecule has 2 aromatic rings. The van der Waals surface area contributed by atoms with Gasteiger partial charge in [-0.3, -0.25) is 4.79 Å².